The predicted octanol–water partition coefficient (Wildman–Crippen LogP) is 3.25. The lowest BCUT2D eigenvalue weighted by Crippen LogP contribution is -2.41. The van der Waals surface area contributed by atoms with Gasteiger partial charge in [0.2, 0.25) is 5.91 Å². The number of anilines is 3. The number of fused-ring (bicyclic) bond motifs is 1. The molecule has 5 rings (SSSR count). The summed E-state index contributed by atoms with van der Waals surface area (Å²) >= 11 is 1.19. The lowest BCUT2D eigenvalue weighted by molar-refractivity contribution is -0.118. The van der Waals surface area contributed by atoms with Crippen LogP contribution in [0.5, 0.6) is 0 Å². The molecule has 1 aromatic heterocycles. The molecule has 3 heterocycles. The van der Waals surface area contributed by atoms with Gasteiger partial charge in [-0.1, -0.05) is 6.07 Å². The van der Waals surface area contributed by atoms with Crippen LogP contribution in [0.15, 0.2) is 58.9 Å². The van der Waals surface area contributed by atoms with E-state index in [1.54, 1.807) is 28.5 Å². The molecule has 1 amide bonds. The molecule has 1 saturated heterocycles. The number of hydrogen-bond donors (Lipinski definition) is 1. The molecule has 2 aliphatic rings. The second-order valence-corrected chi connectivity index (χ2v) is 9.99. The van der Waals surface area contributed by atoms with Crippen LogP contribution in [-0.2, 0) is 21.2 Å². The normalized spacial score (nSPS) is 18.5. The molecule has 0 unspecified atom stereocenters. The smallest absolute Gasteiger partial charge is 0.263 e. The zero-order valence-corrected chi connectivity index (χ0v) is 18.0. The Balaban J connectivity index is 1.33. The third-order valence-electron chi connectivity index (χ3n) is 5.67. The maximum absolute atomic E-state index is 14.1. The number of benzene rings is 2. The van der Waals surface area contributed by atoms with Crippen molar-refractivity contribution >= 4 is 43.8 Å². The third-order valence-corrected chi connectivity index (χ3v) is 7.84. The summed E-state index contributed by atoms with van der Waals surface area (Å²) in [6, 6.07) is 10.8. The zero-order chi connectivity index (χ0) is 21.6. The van der Waals surface area contributed by atoms with Crippen molar-refractivity contribution in [1.29, 1.82) is 0 Å². The first-order valence-corrected chi connectivity index (χ1v) is 12.2. The number of nitrogens with one attached hydrogen (secondary N) is 1. The van der Waals surface area contributed by atoms with E-state index in [2.05, 4.69) is 9.71 Å². The molecule has 2 aliphatic heterocycles. The van der Waals surface area contributed by atoms with Gasteiger partial charge in [-0.15, -0.1) is 11.3 Å². The lowest BCUT2D eigenvalue weighted by atomic mass is 10.1. The van der Waals surface area contributed by atoms with Gasteiger partial charge in [-0.05, 0) is 49.2 Å². The monoisotopic (exact) mass is 458 g/mol. The minimum absolute atomic E-state index is 0.0615. The molecule has 0 bridgehead atoms. The van der Waals surface area contributed by atoms with Crippen LogP contribution in [0, 0.1) is 5.82 Å². The summed E-state index contributed by atoms with van der Waals surface area (Å²) in [7, 11) is -3.75. The molecule has 0 saturated carbocycles. The molecule has 31 heavy (non-hydrogen) atoms. The summed E-state index contributed by atoms with van der Waals surface area (Å²) in [4.78, 5) is 20.8. The Hall–Kier alpha value is -2.98. The summed E-state index contributed by atoms with van der Waals surface area (Å²) < 4.78 is 41.5. The maximum Gasteiger partial charge on any atom is 0.263 e. The standard InChI is InChI=1S/C21H19FN4O3S2/c22-17-2-1-3-18-16(17)8-11-26(18)19-9-12-25(20(19)27)14-4-6-15(7-5-14)31(28,29)24-21-23-10-13-30-21/h1-7,10,13,19H,8-9,11-12H2,(H,23,24)/t19-/m0/s1. The van der Waals surface area contributed by atoms with Crippen LogP contribution in [0.1, 0.15) is 12.0 Å². The fraction of sp³-hybridized carbons (Fsp3) is 0.238. The molecule has 10 heteroatoms. The van der Waals surface area contributed by atoms with Crippen molar-refractivity contribution in [2.24, 2.45) is 0 Å². The highest BCUT2D eigenvalue weighted by Crippen LogP contribution is 2.35. The van der Waals surface area contributed by atoms with Gasteiger partial charge in [-0.25, -0.2) is 17.8 Å². The molecule has 0 radical (unpaired) electrons. The van der Waals surface area contributed by atoms with E-state index in [9.17, 15) is 17.6 Å². The molecule has 1 atom stereocenters. The van der Waals surface area contributed by atoms with E-state index in [4.69, 9.17) is 0 Å². The zero-order valence-electron chi connectivity index (χ0n) is 16.4. The first-order valence-electron chi connectivity index (χ1n) is 9.82. The Morgan fingerprint density at radius 1 is 1.13 bits per heavy atom. The molecular weight excluding hydrogens is 439 g/mol. The van der Waals surface area contributed by atoms with Gasteiger partial charge in [-0.2, -0.15) is 0 Å². The van der Waals surface area contributed by atoms with Gasteiger partial charge in [0.1, 0.15) is 11.9 Å². The highest BCUT2D eigenvalue weighted by atomic mass is 32.2. The summed E-state index contributed by atoms with van der Waals surface area (Å²) in [5.74, 6) is -0.293. The number of sulfonamides is 1. The van der Waals surface area contributed by atoms with Crippen molar-refractivity contribution in [3.63, 3.8) is 0 Å². The molecule has 160 valence electrons. The van der Waals surface area contributed by atoms with E-state index in [0.717, 1.165) is 5.69 Å². The minimum Gasteiger partial charge on any atom is -0.359 e. The van der Waals surface area contributed by atoms with Gasteiger partial charge in [0.25, 0.3) is 10.0 Å². The van der Waals surface area contributed by atoms with Gasteiger partial charge < -0.3 is 9.80 Å². The van der Waals surface area contributed by atoms with Crippen molar-refractivity contribution in [1.82, 2.24) is 4.98 Å². The molecule has 7 nitrogen and oxygen atoms in total. The Morgan fingerprint density at radius 3 is 2.68 bits per heavy atom. The summed E-state index contributed by atoms with van der Waals surface area (Å²) in [6.07, 6.45) is 2.74. The summed E-state index contributed by atoms with van der Waals surface area (Å²) in [6.45, 7) is 1.13. The number of halogens is 1. The van der Waals surface area contributed by atoms with E-state index in [1.807, 2.05) is 11.0 Å². The first-order chi connectivity index (χ1) is 14.9. The number of thiazole rings is 1. The van der Waals surface area contributed by atoms with Crippen molar-refractivity contribution < 1.29 is 17.6 Å². The summed E-state index contributed by atoms with van der Waals surface area (Å²) in [5.41, 5.74) is 2.09. The predicted molar refractivity (Wildman–Crippen MR) is 118 cm³/mol. The first kappa shape index (κ1) is 20.0. The molecular formula is C21H19FN4O3S2. The van der Waals surface area contributed by atoms with Crippen LogP contribution in [0.2, 0.25) is 0 Å². The van der Waals surface area contributed by atoms with Crippen LogP contribution in [-0.4, -0.2) is 38.4 Å². The van der Waals surface area contributed by atoms with Crippen molar-refractivity contribution in [3.8, 4) is 0 Å². The molecule has 1 N–H and O–H groups in total. The van der Waals surface area contributed by atoms with Gasteiger partial charge in [0, 0.05) is 41.6 Å². The lowest BCUT2D eigenvalue weighted by Gasteiger charge is -2.26. The summed E-state index contributed by atoms with van der Waals surface area (Å²) in [5, 5.41) is 1.98. The fourth-order valence-electron chi connectivity index (χ4n) is 4.20. The number of carbonyl (C=O) groups is 1. The van der Waals surface area contributed by atoms with Crippen LogP contribution in [0.4, 0.5) is 20.9 Å². The van der Waals surface area contributed by atoms with E-state index in [-0.39, 0.29) is 22.7 Å². The van der Waals surface area contributed by atoms with Crippen LogP contribution in [0.3, 0.4) is 0 Å². The molecule has 3 aromatic rings. The average Bonchev–Trinajstić information content (AvgIpc) is 3.48. The number of rotatable bonds is 5. The van der Waals surface area contributed by atoms with Crippen molar-refractivity contribution in [2.75, 3.05) is 27.6 Å². The number of amides is 1. The van der Waals surface area contributed by atoms with Crippen LogP contribution < -0.4 is 14.5 Å². The highest BCUT2D eigenvalue weighted by molar-refractivity contribution is 7.93. The van der Waals surface area contributed by atoms with Crippen LogP contribution >= 0.6 is 11.3 Å². The number of carbonyl (C=O) groups excluding carboxylic acids is 1. The maximum atomic E-state index is 14.1. The average molecular weight is 459 g/mol. The van der Waals surface area contributed by atoms with Gasteiger partial charge in [-0.3, -0.25) is 9.52 Å². The van der Waals surface area contributed by atoms with Crippen molar-refractivity contribution in [3.05, 3.63) is 65.4 Å². The Kier molecular flexibility index (Phi) is 4.90. The largest absolute Gasteiger partial charge is 0.359 e. The number of aromatic nitrogens is 1. The number of nitrogens with zero attached hydrogens (tertiary/aromatic N) is 3. The van der Waals surface area contributed by atoms with E-state index >= 15 is 0 Å². The van der Waals surface area contributed by atoms with E-state index in [0.29, 0.717) is 42.3 Å². The Labute approximate surface area is 183 Å². The van der Waals surface area contributed by atoms with Crippen molar-refractivity contribution in [2.45, 2.75) is 23.8 Å². The van der Waals surface area contributed by atoms with Gasteiger partial charge in [0.05, 0.1) is 4.90 Å². The second-order valence-electron chi connectivity index (χ2n) is 7.41. The SMILES string of the molecule is O=C1[C@@H](N2CCc3c(F)cccc32)CCN1c1ccc(S(=O)(=O)Nc2nccs2)cc1. The highest BCUT2D eigenvalue weighted by Gasteiger charge is 2.39. The quantitative estimate of drug-likeness (QED) is 0.635. The van der Waals surface area contributed by atoms with E-state index in [1.165, 1.54) is 35.7 Å². The fourth-order valence-corrected chi connectivity index (χ4v) is 5.99. The molecule has 0 aliphatic carbocycles. The topological polar surface area (TPSA) is 82.6 Å². The Morgan fingerprint density at radius 2 is 1.94 bits per heavy atom. The minimum atomic E-state index is -3.75. The van der Waals surface area contributed by atoms with Gasteiger partial charge in [0.15, 0.2) is 5.13 Å². The van der Waals surface area contributed by atoms with Crippen LogP contribution in [0.25, 0.3) is 0 Å². The molecule has 0 spiro atoms. The Bertz CT molecular complexity index is 1230. The van der Waals surface area contributed by atoms with E-state index < -0.39 is 10.0 Å². The van der Waals surface area contributed by atoms with Gasteiger partial charge >= 0.3 is 0 Å². The second kappa shape index (κ2) is 7.61. The third kappa shape index (κ3) is 3.55. The number of hydrogen-bond acceptors (Lipinski definition) is 6. The molecule has 2 aromatic carbocycles. The molecule has 1 fully saturated rings.